The van der Waals surface area contributed by atoms with E-state index in [0.717, 1.165) is 0 Å². The van der Waals surface area contributed by atoms with Crippen LogP contribution >= 0.6 is 11.6 Å². The highest BCUT2D eigenvalue weighted by Crippen LogP contribution is 2.22. The van der Waals surface area contributed by atoms with Gasteiger partial charge in [0, 0.05) is 5.02 Å². The van der Waals surface area contributed by atoms with Crippen molar-refractivity contribution in [2.24, 2.45) is 0 Å². The van der Waals surface area contributed by atoms with Crippen molar-refractivity contribution in [3.8, 4) is 5.75 Å². The average Bonchev–Trinajstić information content (AvgIpc) is 2.25. The van der Waals surface area contributed by atoms with E-state index >= 15 is 0 Å². The minimum Gasteiger partial charge on any atom is -0.490 e. The number of carbonyl (C=O) groups is 1. The Morgan fingerprint density at radius 3 is 2.71 bits per heavy atom. The fraction of sp³-hybridized carbons (Fsp3) is 0.417. The summed E-state index contributed by atoms with van der Waals surface area (Å²) in [6.07, 6.45) is 0.128. The number of carboxylic acid groups (broad SMARTS) is 1. The topological polar surface area (TPSA) is 55.8 Å². The Hall–Kier alpha value is -1.26. The van der Waals surface area contributed by atoms with Gasteiger partial charge in [-0.05, 0) is 32.0 Å². The van der Waals surface area contributed by atoms with Gasteiger partial charge >= 0.3 is 5.97 Å². The van der Waals surface area contributed by atoms with Crippen molar-refractivity contribution in [1.29, 1.82) is 0 Å². The number of rotatable bonds is 6. The van der Waals surface area contributed by atoms with Crippen LogP contribution in [-0.2, 0) is 4.74 Å². The molecule has 1 N–H and O–H groups in total. The highest BCUT2D eigenvalue weighted by molar-refractivity contribution is 6.31. The van der Waals surface area contributed by atoms with E-state index in [4.69, 9.17) is 26.2 Å². The molecule has 0 aliphatic rings. The van der Waals surface area contributed by atoms with Crippen molar-refractivity contribution in [2.75, 3.05) is 13.2 Å². The highest BCUT2D eigenvalue weighted by atomic mass is 35.5. The van der Waals surface area contributed by atoms with E-state index in [1.807, 2.05) is 13.8 Å². The van der Waals surface area contributed by atoms with Gasteiger partial charge in [0.1, 0.15) is 17.9 Å². The maximum atomic E-state index is 10.9. The van der Waals surface area contributed by atoms with Gasteiger partial charge in [-0.3, -0.25) is 0 Å². The van der Waals surface area contributed by atoms with Crippen LogP contribution in [0.1, 0.15) is 24.2 Å². The molecule has 0 bridgehead atoms. The Morgan fingerprint density at radius 2 is 2.12 bits per heavy atom. The summed E-state index contributed by atoms with van der Waals surface area (Å²) in [5.74, 6) is -0.762. The van der Waals surface area contributed by atoms with E-state index in [2.05, 4.69) is 0 Å². The zero-order chi connectivity index (χ0) is 12.8. The van der Waals surface area contributed by atoms with Crippen LogP contribution in [-0.4, -0.2) is 30.4 Å². The number of carboxylic acids is 1. The normalized spacial score (nSPS) is 10.6. The number of hydrogen-bond donors (Lipinski definition) is 1. The first-order valence-corrected chi connectivity index (χ1v) is 5.65. The van der Waals surface area contributed by atoms with E-state index in [1.54, 1.807) is 12.1 Å². The highest BCUT2D eigenvalue weighted by Gasteiger charge is 2.11. The van der Waals surface area contributed by atoms with Gasteiger partial charge in [-0.25, -0.2) is 4.79 Å². The molecule has 0 aliphatic heterocycles. The van der Waals surface area contributed by atoms with Gasteiger partial charge in [-0.15, -0.1) is 0 Å². The summed E-state index contributed by atoms with van der Waals surface area (Å²) in [6.45, 7) is 4.56. The van der Waals surface area contributed by atoms with Crippen molar-refractivity contribution in [3.05, 3.63) is 28.8 Å². The minimum absolute atomic E-state index is 0.0575. The number of aromatic carboxylic acids is 1. The van der Waals surface area contributed by atoms with Gasteiger partial charge in [0.05, 0.1) is 12.7 Å². The molecule has 5 heteroatoms. The van der Waals surface area contributed by atoms with Gasteiger partial charge in [0.15, 0.2) is 0 Å². The second kappa shape index (κ2) is 6.47. The third-order valence-electron chi connectivity index (χ3n) is 1.96. The van der Waals surface area contributed by atoms with Gasteiger partial charge < -0.3 is 14.6 Å². The molecule has 0 heterocycles. The lowest BCUT2D eigenvalue weighted by atomic mass is 10.2. The summed E-state index contributed by atoms with van der Waals surface area (Å²) >= 11 is 5.72. The van der Waals surface area contributed by atoms with Crippen LogP contribution in [0.15, 0.2) is 18.2 Å². The second-order valence-electron chi connectivity index (χ2n) is 3.71. The van der Waals surface area contributed by atoms with E-state index in [-0.39, 0.29) is 11.7 Å². The van der Waals surface area contributed by atoms with Gasteiger partial charge in [0.2, 0.25) is 0 Å². The summed E-state index contributed by atoms with van der Waals surface area (Å²) in [6, 6.07) is 4.50. The predicted molar refractivity (Wildman–Crippen MR) is 65.0 cm³/mol. The monoisotopic (exact) mass is 258 g/mol. The Kier molecular flexibility index (Phi) is 5.25. The fourth-order valence-corrected chi connectivity index (χ4v) is 1.40. The summed E-state index contributed by atoms with van der Waals surface area (Å²) in [7, 11) is 0. The van der Waals surface area contributed by atoms with Crippen LogP contribution < -0.4 is 4.74 Å². The Morgan fingerprint density at radius 1 is 1.41 bits per heavy atom. The molecule has 0 unspecified atom stereocenters. The summed E-state index contributed by atoms with van der Waals surface area (Å²) < 4.78 is 10.6. The molecule has 0 aliphatic carbocycles. The second-order valence-corrected chi connectivity index (χ2v) is 4.15. The minimum atomic E-state index is -1.06. The van der Waals surface area contributed by atoms with E-state index in [0.29, 0.717) is 24.0 Å². The third kappa shape index (κ3) is 4.63. The molecule has 17 heavy (non-hydrogen) atoms. The van der Waals surface area contributed by atoms with Crippen LogP contribution in [0.25, 0.3) is 0 Å². The quantitative estimate of drug-likeness (QED) is 0.797. The predicted octanol–water partition coefficient (Wildman–Crippen LogP) is 2.84. The number of halogens is 1. The van der Waals surface area contributed by atoms with Gasteiger partial charge in [-0.1, -0.05) is 11.6 Å². The lowest BCUT2D eigenvalue weighted by Gasteiger charge is -2.11. The lowest BCUT2D eigenvalue weighted by Crippen LogP contribution is -2.12. The Balaban J connectivity index is 2.61. The Bertz CT molecular complexity index is 390. The lowest BCUT2D eigenvalue weighted by molar-refractivity contribution is 0.0538. The maximum absolute atomic E-state index is 10.9. The van der Waals surface area contributed by atoms with Gasteiger partial charge in [-0.2, -0.15) is 0 Å². The molecule has 1 rings (SSSR count). The number of hydrogen-bond acceptors (Lipinski definition) is 3. The molecule has 94 valence electrons. The summed E-state index contributed by atoms with van der Waals surface area (Å²) in [5.41, 5.74) is 0.0575. The standard InChI is InChI=1S/C12H15ClO4/c1-8(2)16-5-6-17-11-4-3-9(13)7-10(11)12(14)15/h3-4,7-8H,5-6H2,1-2H3,(H,14,15). The van der Waals surface area contributed by atoms with Crippen LogP contribution in [0, 0.1) is 0 Å². The zero-order valence-electron chi connectivity index (χ0n) is 9.77. The van der Waals surface area contributed by atoms with Crippen LogP contribution in [0.4, 0.5) is 0 Å². The maximum Gasteiger partial charge on any atom is 0.339 e. The first kappa shape index (κ1) is 13.8. The third-order valence-corrected chi connectivity index (χ3v) is 2.20. The van der Waals surface area contributed by atoms with Crippen molar-refractivity contribution in [2.45, 2.75) is 20.0 Å². The molecule has 0 amide bonds. The molecular weight excluding hydrogens is 244 g/mol. The van der Waals surface area contributed by atoms with Gasteiger partial charge in [0.25, 0.3) is 0 Å². The molecular formula is C12H15ClO4. The van der Waals surface area contributed by atoms with Crippen LogP contribution in [0.2, 0.25) is 5.02 Å². The largest absolute Gasteiger partial charge is 0.490 e. The average molecular weight is 259 g/mol. The molecule has 4 nitrogen and oxygen atoms in total. The number of benzene rings is 1. The zero-order valence-corrected chi connectivity index (χ0v) is 10.5. The molecule has 0 aromatic heterocycles. The fourth-order valence-electron chi connectivity index (χ4n) is 1.23. The van der Waals surface area contributed by atoms with Crippen LogP contribution in [0.5, 0.6) is 5.75 Å². The summed E-state index contributed by atoms with van der Waals surface area (Å²) in [4.78, 5) is 10.9. The Labute approximate surface area is 105 Å². The molecule has 0 radical (unpaired) electrons. The SMILES string of the molecule is CC(C)OCCOc1ccc(Cl)cc1C(=O)O. The van der Waals surface area contributed by atoms with Crippen molar-refractivity contribution < 1.29 is 19.4 Å². The molecule has 1 aromatic rings. The molecule has 0 saturated carbocycles. The molecule has 0 fully saturated rings. The van der Waals surface area contributed by atoms with Crippen molar-refractivity contribution in [1.82, 2.24) is 0 Å². The van der Waals surface area contributed by atoms with E-state index in [9.17, 15) is 4.79 Å². The molecule has 1 aromatic carbocycles. The van der Waals surface area contributed by atoms with Crippen molar-refractivity contribution >= 4 is 17.6 Å². The summed E-state index contributed by atoms with van der Waals surface area (Å²) in [5, 5.41) is 9.33. The molecule has 0 saturated heterocycles. The molecule has 0 spiro atoms. The van der Waals surface area contributed by atoms with Crippen molar-refractivity contribution in [3.63, 3.8) is 0 Å². The molecule has 0 atom stereocenters. The van der Waals surface area contributed by atoms with E-state index in [1.165, 1.54) is 6.07 Å². The first-order valence-electron chi connectivity index (χ1n) is 5.28. The van der Waals surface area contributed by atoms with E-state index < -0.39 is 5.97 Å². The first-order chi connectivity index (χ1) is 8.00. The number of ether oxygens (including phenoxy) is 2. The van der Waals surface area contributed by atoms with Crippen LogP contribution in [0.3, 0.4) is 0 Å². The smallest absolute Gasteiger partial charge is 0.339 e.